The summed E-state index contributed by atoms with van der Waals surface area (Å²) >= 11 is 6.07. The Labute approximate surface area is 229 Å². The van der Waals surface area contributed by atoms with Crippen molar-refractivity contribution in [2.45, 2.75) is 25.4 Å². The Morgan fingerprint density at radius 3 is 2.36 bits per heavy atom. The van der Waals surface area contributed by atoms with E-state index in [4.69, 9.17) is 11.6 Å². The summed E-state index contributed by atoms with van der Waals surface area (Å²) < 4.78 is 28.9. The summed E-state index contributed by atoms with van der Waals surface area (Å²) in [7, 11) is 1.58. The minimum atomic E-state index is -1.43. The maximum atomic E-state index is 14.1. The van der Waals surface area contributed by atoms with Crippen molar-refractivity contribution in [2.24, 2.45) is 24.8 Å². The van der Waals surface area contributed by atoms with Gasteiger partial charge in [-0.3, -0.25) is 14.6 Å². The molecular weight excluding hydrogens is 528 g/mol. The summed E-state index contributed by atoms with van der Waals surface area (Å²) in [5.41, 5.74) is -0.638. The van der Waals surface area contributed by atoms with Gasteiger partial charge in [0.15, 0.2) is 11.6 Å². The van der Waals surface area contributed by atoms with Crippen LogP contribution in [0.5, 0.6) is 0 Å². The van der Waals surface area contributed by atoms with Gasteiger partial charge in [-0.15, -0.1) is 0 Å². The second-order valence-corrected chi connectivity index (χ2v) is 11.1. The molecule has 2 saturated heterocycles. The highest BCUT2D eigenvalue weighted by Gasteiger charge is 2.49. The van der Waals surface area contributed by atoms with E-state index in [-0.39, 0.29) is 30.5 Å². The molecule has 2 aliphatic heterocycles. The first-order valence-corrected chi connectivity index (χ1v) is 13.2. The number of halogens is 3. The first-order valence-electron chi connectivity index (χ1n) is 12.9. The lowest BCUT2D eigenvalue weighted by Gasteiger charge is -2.48. The molecule has 2 aromatic heterocycles. The molecule has 0 bridgehead atoms. The maximum Gasteiger partial charge on any atom is 0.266 e. The number of nitrogens with zero attached hydrogens (tertiary/aromatic N) is 5. The molecule has 5 rings (SSSR count). The van der Waals surface area contributed by atoms with E-state index in [1.165, 1.54) is 16.8 Å². The number of aromatic nitrogens is 3. The third kappa shape index (κ3) is 4.91. The third-order valence-electron chi connectivity index (χ3n) is 8.22. The van der Waals surface area contributed by atoms with Crippen LogP contribution in [-0.4, -0.2) is 56.9 Å². The molecule has 5 atom stereocenters. The zero-order valence-corrected chi connectivity index (χ0v) is 22.6. The molecule has 1 aromatic carbocycles. The molecule has 11 heteroatoms. The number of amides is 1. The molecule has 1 unspecified atom stereocenters. The number of rotatable bonds is 4. The monoisotopic (exact) mass is 557 g/mol. The van der Waals surface area contributed by atoms with Crippen LogP contribution < -0.4 is 10.5 Å². The molecule has 0 aliphatic carbocycles. The molecule has 1 amide bonds. The van der Waals surface area contributed by atoms with Crippen molar-refractivity contribution >= 4 is 23.3 Å². The number of carbonyl (C=O) groups is 1. The second-order valence-electron chi connectivity index (χ2n) is 10.7. The minimum Gasteiger partial charge on any atom is -0.384 e. The number of anilines is 1. The van der Waals surface area contributed by atoms with Crippen molar-refractivity contribution in [2.75, 3.05) is 31.1 Å². The summed E-state index contributed by atoms with van der Waals surface area (Å²) in [4.78, 5) is 34.1. The average Bonchev–Trinajstić information content (AvgIpc) is 3.35. The summed E-state index contributed by atoms with van der Waals surface area (Å²) in [6.07, 6.45) is 1.55. The Kier molecular flexibility index (Phi) is 7.19. The average molecular weight is 558 g/mol. The van der Waals surface area contributed by atoms with Gasteiger partial charge in [0.25, 0.3) is 5.56 Å². The lowest BCUT2D eigenvalue weighted by atomic mass is 9.70. The van der Waals surface area contributed by atoms with Crippen molar-refractivity contribution in [1.29, 1.82) is 0 Å². The van der Waals surface area contributed by atoms with Crippen molar-refractivity contribution < 1.29 is 18.7 Å². The van der Waals surface area contributed by atoms with Gasteiger partial charge in [0.2, 0.25) is 5.91 Å². The molecule has 0 radical (unpaired) electrons. The maximum absolute atomic E-state index is 14.1. The fourth-order valence-corrected chi connectivity index (χ4v) is 6.15. The fourth-order valence-electron chi connectivity index (χ4n) is 6.03. The van der Waals surface area contributed by atoms with Crippen LogP contribution in [0.2, 0.25) is 5.02 Å². The minimum absolute atomic E-state index is 0.0879. The molecule has 4 heterocycles. The third-order valence-corrected chi connectivity index (χ3v) is 8.45. The molecular formula is C28H30ClF2N5O3. The SMILES string of the molecule is C[C@@H]1CN(C(=O)[C@H]2CN(c3ccc(=O)n(C)n3)C[C@H]2c2ccc(Cl)cn2)C[C@H](C)C1(O)c1ccc(F)c(F)c1. The van der Waals surface area contributed by atoms with E-state index >= 15 is 0 Å². The van der Waals surface area contributed by atoms with E-state index in [1.807, 2.05) is 24.8 Å². The Morgan fingerprint density at radius 2 is 1.74 bits per heavy atom. The van der Waals surface area contributed by atoms with Gasteiger partial charge in [-0.05, 0) is 35.9 Å². The van der Waals surface area contributed by atoms with Crippen molar-refractivity contribution in [3.05, 3.63) is 86.9 Å². The summed E-state index contributed by atoms with van der Waals surface area (Å²) in [6.45, 7) is 4.94. The number of aliphatic hydroxyl groups is 1. The molecule has 3 aromatic rings. The van der Waals surface area contributed by atoms with Gasteiger partial charge < -0.3 is 14.9 Å². The van der Waals surface area contributed by atoms with E-state index in [0.717, 1.165) is 17.8 Å². The van der Waals surface area contributed by atoms with Crippen LogP contribution in [0.4, 0.5) is 14.6 Å². The van der Waals surface area contributed by atoms with E-state index < -0.39 is 35.0 Å². The highest BCUT2D eigenvalue weighted by atomic mass is 35.5. The van der Waals surface area contributed by atoms with Gasteiger partial charge in [0.1, 0.15) is 5.82 Å². The molecule has 1 N–H and O–H groups in total. The zero-order valence-electron chi connectivity index (χ0n) is 21.9. The highest BCUT2D eigenvalue weighted by molar-refractivity contribution is 6.30. The van der Waals surface area contributed by atoms with Crippen LogP contribution in [-0.2, 0) is 17.4 Å². The van der Waals surface area contributed by atoms with Crippen LogP contribution in [0.1, 0.15) is 31.0 Å². The first-order chi connectivity index (χ1) is 18.5. The standard InChI is InChI=1S/C28H30ClF2N5O3/c1-16-12-36(13-17(2)28(16,39)18-4-6-22(30)23(31)10-18)27(38)21-15-35(25-8-9-26(37)34(3)33-25)14-20(21)24-7-5-19(29)11-32-24/h4-11,16-17,20-21,39H,12-15H2,1-3H3/t16-,17+,20-,21+,28?/m1/s1. The molecule has 206 valence electrons. The molecule has 0 spiro atoms. The molecule has 2 aliphatic rings. The van der Waals surface area contributed by atoms with E-state index in [9.17, 15) is 23.5 Å². The van der Waals surface area contributed by atoms with Gasteiger partial charge in [-0.1, -0.05) is 31.5 Å². The Balaban J connectivity index is 1.42. The Morgan fingerprint density at radius 1 is 1.03 bits per heavy atom. The summed E-state index contributed by atoms with van der Waals surface area (Å²) in [5.74, 6) is -3.10. The van der Waals surface area contributed by atoms with Gasteiger partial charge in [-0.2, -0.15) is 5.10 Å². The number of benzene rings is 1. The predicted octanol–water partition coefficient (Wildman–Crippen LogP) is 3.33. The van der Waals surface area contributed by atoms with E-state index in [2.05, 4.69) is 10.1 Å². The Hall–Kier alpha value is -3.37. The molecule has 0 saturated carbocycles. The van der Waals surface area contributed by atoms with Crippen LogP contribution in [0.15, 0.2) is 53.5 Å². The number of aryl methyl sites for hydroxylation is 1. The summed E-state index contributed by atoms with van der Waals surface area (Å²) in [5, 5.41) is 16.5. The van der Waals surface area contributed by atoms with E-state index in [0.29, 0.717) is 29.5 Å². The lowest BCUT2D eigenvalue weighted by Crippen LogP contribution is -2.57. The van der Waals surface area contributed by atoms with Gasteiger partial charge in [0, 0.05) is 68.9 Å². The largest absolute Gasteiger partial charge is 0.384 e. The van der Waals surface area contributed by atoms with E-state index in [1.54, 1.807) is 30.3 Å². The second kappa shape index (κ2) is 10.3. The number of likely N-dealkylation sites (tertiary alicyclic amines) is 1. The summed E-state index contributed by atoms with van der Waals surface area (Å²) in [6, 6.07) is 10.1. The fraction of sp³-hybridized carbons (Fsp3) is 0.429. The first kappa shape index (κ1) is 27.2. The van der Waals surface area contributed by atoms with Crippen LogP contribution >= 0.6 is 11.6 Å². The van der Waals surface area contributed by atoms with Gasteiger partial charge in [0.05, 0.1) is 16.5 Å². The van der Waals surface area contributed by atoms with Gasteiger partial charge >= 0.3 is 0 Å². The van der Waals surface area contributed by atoms with Gasteiger partial charge in [-0.25, -0.2) is 13.5 Å². The van der Waals surface area contributed by atoms with Crippen LogP contribution in [0.25, 0.3) is 0 Å². The predicted molar refractivity (Wildman–Crippen MR) is 142 cm³/mol. The normalized spacial score (nSPS) is 27.2. The smallest absolute Gasteiger partial charge is 0.266 e. The van der Waals surface area contributed by atoms with Crippen molar-refractivity contribution in [3.8, 4) is 0 Å². The molecule has 8 nitrogen and oxygen atoms in total. The number of hydrogen-bond acceptors (Lipinski definition) is 6. The molecule has 39 heavy (non-hydrogen) atoms. The number of pyridine rings is 1. The number of carbonyl (C=O) groups excluding carboxylic acids is 1. The van der Waals surface area contributed by atoms with Crippen LogP contribution in [0.3, 0.4) is 0 Å². The quantitative estimate of drug-likeness (QED) is 0.529. The van der Waals surface area contributed by atoms with Crippen molar-refractivity contribution in [1.82, 2.24) is 19.7 Å². The number of hydrogen-bond donors (Lipinski definition) is 1. The van der Waals surface area contributed by atoms with Crippen LogP contribution in [0, 0.1) is 29.4 Å². The number of piperidine rings is 1. The zero-order chi connectivity index (χ0) is 28.1. The lowest BCUT2D eigenvalue weighted by molar-refractivity contribution is -0.152. The van der Waals surface area contributed by atoms with Crippen molar-refractivity contribution in [3.63, 3.8) is 0 Å². The Bertz CT molecular complexity index is 1440. The topological polar surface area (TPSA) is 91.6 Å². The highest BCUT2D eigenvalue weighted by Crippen LogP contribution is 2.43. The molecule has 2 fully saturated rings.